The van der Waals surface area contributed by atoms with E-state index in [0.29, 0.717) is 0 Å². The number of amides is 2. The van der Waals surface area contributed by atoms with Gasteiger partial charge in [-0.2, -0.15) is 0 Å². The van der Waals surface area contributed by atoms with Gasteiger partial charge in [-0.15, -0.1) is 0 Å². The Hall–Kier alpha value is -1.95. The summed E-state index contributed by atoms with van der Waals surface area (Å²) in [7, 11) is 0. The Morgan fingerprint density at radius 3 is 2.39 bits per heavy atom. The lowest BCUT2D eigenvalue weighted by molar-refractivity contribution is -0.124. The number of nitrogens with two attached hydrogens (primary N) is 1. The predicted molar refractivity (Wildman–Crippen MR) is 64.8 cm³/mol. The van der Waals surface area contributed by atoms with Gasteiger partial charge in [0.05, 0.1) is 5.56 Å². The summed E-state index contributed by atoms with van der Waals surface area (Å²) in [5.41, 5.74) is 1.87. The number of carbonyl (C=O) groups excluding carboxylic acids is 2. The van der Waals surface area contributed by atoms with Crippen molar-refractivity contribution in [1.82, 2.24) is 10.7 Å². The van der Waals surface area contributed by atoms with E-state index in [2.05, 4.69) is 5.32 Å². The Morgan fingerprint density at radius 1 is 1.28 bits per heavy atom. The number of hydrazine groups is 1. The molecular weight excluding hydrogens is 237 g/mol. The van der Waals surface area contributed by atoms with Gasteiger partial charge in [-0.1, -0.05) is 26.0 Å². The highest BCUT2D eigenvalue weighted by Crippen LogP contribution is 2.08. The number of rotatable bonds is 4. The summed E-state index contributed by atoms with van der Waals surface area (Å²) in [5, 5.41) is 2.45. The molecule has 18 heavy (non-hydrogen) atoms. The standard InChI is InChI=1S/C12H16FN3O2/c1-7(2)10(12(18)16-14)15-11(17)8-5-3-4-6-9(8)13/h3-7,10H,14H2,1-2H3,(H,15,17)(H,16,18). The van der Waals surface area contributed by atoms with E-state index in [0.717, 1.165) is 0 Å². The van der Waals surface area contributed by atoms with Crippen LogP contribution in [-0.2, 0) is 4.79 Å². The third-order valence-corrected chi connectivity index (χ3v) is 2.50. The maximum absolute atomic E-state index is 13.4. The molecule has 1 atom stereocenters. The number of hydrogen-bond donors (Lipinski definition) is 3. The highest BCUT2D eigenvalue weighted by Gasteiger charge is 2.24. The summed E-state index contributed by atoms with van der Waals surface area (Å²) < 4.78 is 13.4. The van der Waals surface area contributed by atoms with Crippen molar-refractivity contribution in [3.63, 3.8) is 0 Å². The average molecular weight is 253 g/mol. The van der Waals surface area contributed by atoms with E-state index in [4.69, 9.17) is 5.84 Å². The first-order valence-corrected chi connectivity index (χ1v) is 5.53. The fourth-order valence-corrected chi connectivity index (χ4v) is 1.49. The summed E-state index contributed by atoms with van der Waals surface area (Å²) in [6.45, 7) is 3.50. The van der Waals surface area contributed by atoms with E-state index >= 15 is 0 Å². The Balaban J connectivity index is 2.86. The van der Waals surface area contributed by atoms with E-state index in [1.807, 2.05) is 5.43 Å². The Morgan fingerprint density at radius 2 is 1.89 bits per heavy atom. The smallest absolute Gasteiger partial charge is 0.256 e. The number of hydrogen-bond acceptors (Lipinski definition) is 3. The molecule has 0 spiro atoms. The maximum Gasteiger partial charge on any atom is 0.256 e. The molecule has 0 saturated carbocycles. The van der Waals surface area contributed by atoms with Crippen LogP contribution in [0, 0.1) is 11.7 Å². The fourth-order valence-electron chi connectivity index (χ4n) is 1.49. The second-order valence-electron chi connectivity index (χ2n) is 4.18. The molecule has 0 heterocycles. The molecule has 0 fully saturated rings. The lowest BCUT2D eigenvalue weighted by Crippen LogP contribution is -2.51. The van der Waals surface area contributed by atoms with Gasteiger partial charge in [0.15, 0.2) is 0 Å². The lowest BCUT2D eigenvalue weighted by atomic mass is 10.0. The van der Waals surface area contributed by atoms with Crippen LogP contribution in [0.2, 0.25) is 0 Å². The number of halogens is 1. The van der Waals surface area contributed by atoms with Gasteiger partial charge < -0.3 is 5.32 Å². The van der Waals surface area contributed by atoms with Crippen LogP contribution < -0.4 is 16.6 Å². The average Bonchev–Trinajstić information content (AvgIpc) is 2.35. The second kappa shape index (κ2) is 6.11. The third kappa shape index (κ3) is 3.27. The van der Waals surface area contributed by atoms with Crippen molar-refractivity contribution in [3.8, 4) is 0 Å². The first kappa shape index (κ1) is 14.1. The van der Waals surface area contributed by atoms with Crippen LogP contribution in [0.25, 0.3) is 0 Å². The highest BCUT2D eigenvalue weighted by molar-refractivity contribution is 5.97. The van der Waals surface area contributed by atoms with E-state index in [-0.39, 0.29) is 11.5 Å². The van der Waals surface area contributed by atoms with Gasteiger partial charge in [-0.3, -0.25) is 15.0 Å². The van der Waals surface area contributed by atoms with Gasteiger partial charge in [0, 0.05) is 0 Å². The zero-order valence-corrected chi connectivity index (χ0v) is 10.2. The Kier molecular flexibility index (Phi) is 4.79. The van der Waals surface area contributed by atoms with Gasteiger partial charge in [0.25, 0.3) is 11.8 Å². The van der Waals surface area contributed by atoms with Gasteiger partial charge in [-0.05, 0) is 18.1 Å². The van der Waals surface area contributed by atoms with Crippen molar-refractivity contribution < 1.29 is 14.0 Å². The summed E-state index contributed by atoms with van der Waals surface area (Å²) in [6.07, 6.45) is 0. The molecule has 0 aliphatic heterocycles. The molecule has 1 aromatic rings. The van der Waals surface area contributed by atoms with Crippen LogP contribution in [-0.4, -0.2) is 17.9 Å². The quantitative estimate of drug-likeness (QED) is 0.416. The van der Waals surface area contributed by atoms with Crippen molar-refractivity contribution in [2.45, 2.75) is 19.9 Å². The Bertz CT molecular complexity index is 449. The minimum atomic E-state index is -0.804. The monoisotopic (exact) mass is 253 g/mol. The largest absolute Gasteiger partial charge is 0.340 e. The summed E-state index contributed by atoms with van der Waals surface area (Å²) >= 11 is 0. The van der Waals surface area contributed by atoms with Crippen LogP contribution >= 0.6 is 0 Å². The number of benzene rings is 1. The van der Waals surface area contributed by atoms with Gasteiger partial charge >= 0.3 is 0 Å². The molecule has 98 valence electrons. The molecule has 6 heteroatoms. The molecule has 1 rings (SSSR count). The number of nitrogens with one attached hydrogen (secondary N) is 2. The van der Waals surface area contributed by atoms with Gasteiger partial charge in [0.1, 0.15) is 11.9 Å². The van der Waals surface area contributed by atoms with Crippen molar-refractivity contribution in [2.75, 3.05) is 0 Å². The molecular formula is C12H16FN3O2. The zero-order chi connectivity index (χ0) is 13.7. The first-order valence-electron chi connectivity index (χ1n) is 5.53. The van der Waals surface area contributed by atoms with Crippen molar-refractivity contribution >= 4 is 11.8 Å². The predicted octanol–water partition coefficient (Wildman–Crippen LogP) is 0.570. The topological polar surface area (TPSA) is 84.2 Å². The molecule has 2 amide bonds. The molecule has 4 N–H and O–H groups in total. The Labute approximate surface area is 105 Å². The molecule has 0 aliphatic carbocycles. The summed E-state index contributed by atoms with van der Waals surface area (Å²) in [4.78, 5) is 23.3. The highest BCUT2D eigenvalue weighted by atomic mass is 19.1. The normalized spacial score (nSPS) is 12.1. The lowest BCUT2D eigenvalue weighted by Gasteiger charge is -2.20. The summed E-state index contributed by atoms with van der Waals surface area (Å²) in [6, 6.07) is 4.76. The molecule has 0 saturated heterocycles. The summed E-state index contributed by atoms with van der Waals surface area (Å²) in [5.74, 6) is 3.07. The minimum Gasteiger partial charge on any atom is -0.340 e. The van der Waals surface area contributed by atoms with Crippen LogP contribution in [0.5, 0.6) is 0 Å². The minimum absolute atomic E-state index is 0.104. The van der Waals surface area contributed by atoms with Crippen LogP contribution in [0.15, 0.2) is 24.3 Å². The van der Waals surface area contributed by atoms with Crippen LogP contribution in [0.1, 0.15) is 24.2 Å². The molecule has 0 aromatic heterocycles. The van der Waals surface area contributed by atoms with Crippen molar-refractivity contribution in [1.29, 1.82) is 0 Å². The first-order chi connectivity index (χ1) is 8.47. The van der Waals surface area contributed by atoms with Gasteiger partial charge in [-0.25, -0.2) is 10.2 Å². The van der Waals surface area contributed by atoms with Crippen molar-refractivity contribution in [2.24, 2.45) is 11.8 Å². The van der Waals surface area contributed by atoms with E-state index < -0.39 is 23.7 Å². The molecule has 0 aliphatic rings. The molecule has 5 nitrogen and oxygen atoms in total. The van der Waals surface area contributed by atoms with E-state index in [1.165, 1.54) is 18.2 Å². The molecule has 0 radical (unpaired) electrons. The van der Waals surface area contributed by atoms with Crippen molar-refractivity contribution in [3.05, 3.63) is 35.6 Å². The molecule has 0 bridgehead atoms. The number of carbonyl (C=O) groups is 2. The van der Waals surface area contributed by atoms with Gasteiger partial charge in [0.2, 0.25) is 0 Å². The fraction of sp³-hybridized carbons (Fsp3) is 0.333. The SMILES string of the molecule is CC(C)C(NC(=O)c1ccccc1F)C(=O)NN. The zero-order valence-electron chi connectivity index (χ0n) is 10.2. The van der Waals surface area contributed by atoms with E-state index in [1.54, 1.807) is 19.9 Å². The maximum atomic E-state index is 13.4. The van der Waals surface area contributed by atoms with Crippen LogP contribution in [0.3, 0.4) is 0 Å². The second-order valence-corrected chi connectivity index (χ2v) is 4.18. The van der Waals surface area contributed by atoms with Crippen LogP contribution in [0.4, 0.5) is 4.39 Å². The third-order valence-electron chi connectivity index (χ3n) is 2.50. The van der Waals surface area contributed by atoms with E-state index in [9.17, 15) is 14.0 Å². The molecule has 1 unspecified atom stereocenters. The molecule has 1 aromatic carbocycles.